The molecule has 3 N–H and O–H groups in total. The van der Waals surface area contributed by atoms with Crippen LogP contribution in [0.3, 0.4) is 0 Å². The molecule has 2 heterocycles. The van der Waals surface area contributed by atoms with E-state index in [0.717, 1.165) is 11.5 Å². The van der Waals surface area contributed by atoms with Gasteiger partial charge in [-0.25, -0.2) is 4.68 Å². The maximum absolute atomic E-state index is 11.5. The smallest absolute Gasteiger partial charge is 0.252 e. The highest BCUT2D eigenvalue weighted by Crippen LogP contribution is 2.26. The molecule has 0 spiro atoms. The maximum atomic E-state index is 11.5. The van der Waals surface area contributed by atoms with E-state index in [9.17, 15) is 9.90 Å². The van der Waals surface area contributed by atoms with Gasteiger partial charge in [0.05, 0.1) is 17.5 Å². The van der Waals surface area contributed by atoms with Gasteiger partial charge in [-0.05, 0) is 44.2 Å². The molecule has 0 saturated heterocycles. The number of nitrogens with zero attached hydrogens (tertiary/aromatic N) is 3. The lowest BCUT2D eigenvalue weighted by atomic mass is 10.1. The van der Waals surface area contributed by atoms with Crippen LogP contribution in [0.25, 0.3) is 11.3 Å². The van der Waals surface area contributed by atoms with E-state index >= 15 is 0 Å². The third kappa shape index (κ3) is 3.60. The molecule has 1 aromatic carbocycles. The number of carbonyl (C=O) groups excluding carboxylic acids is 1. The van der Waals surface area contributed by atoms with Crippen molar-refractivity contribution in [2.45, 2.75) is 13.8 Å². The summed E-state index contributed by atoms with van der Waals surface area (Å²) in [6, 6.07) is 8.36. The standard InChI is InChI=1S/C18H18N4O3S/c1-3-20-18-22(21-9-13-6-4-11(2)25-13)15(10-26-18)12-5-7-16(23)14(8-12)17(19)24/h4-10,23H,3H2,1-2H3,(H2,19,24)/b20-18?,21-9-. The van der Waals surface area contributed by atoms with Gasteiger partial charge in [-0.3, -0.25) is 9.79 Å². The molecule has 0 fully saturated rings. The Labute approximate surface area is 153 Å². The monoisotopic (exact) mass is 370 g/mol. The van der Waals surface area contributed by atoms with Crippen LogP contribution in [0.4, 0.5) is 0 Å². The normalized spacial score (nSPS) is 12.2. The maximum Gasteiger partial charge on any atom is 0.252 e. The molecule has 0 aliphatic rings. The van der Waals surface area contributed by atoms with Gasteiger partial charge in [0.15, 0.2) is 0 Å². The zero-order valence-corrected chi connectivity index (χ0v) is 15.2. The fourth-order valence-corrected chi connectivity index (χ4v) is 3.28. The van der Waals surface area contributed by atoms with Crippen LogP contribution in [0.2, 0.25) is 0 Å². The minimum atomic E-state index is -0.695. The summed E-state index contributed by atoms with van der Waals surface area (Å²) >= 11 is 1.43. The highest BCUT2D eigenvalue weighted by Gasteiger charge is 2.13. The first kappa shape index (κ1) is 17.7. The minimum Gasteiger partial charge on any atom is -0.507 e. The molecule has 134 valence electrons. The lowest BCUT2D eigenvalue weighted by molar-refractivity contribution is 0.0998. The van der Waals surface area contributed by atoms with E-state index in [4.69, 9.17) is 10.2 Å². The largest absolute Gasteiger partial charge is 0.507 e. The van der Waals surface area contributed by atoms with Crippen molar-refractivity contribution in [3.8, 4) is 17.0 Å². The molecule has 8 heteroatoms. The van der Waals surface area contributed by atoms with Gasteiger partial charge in [0.25, 0.3) is 5.91 Å². The Morgan fingerprint density at radius 2 is 2.19 bits per heavy atom. The number of furan rings is 1. The van der Waals surface area contributed by atoms with E-state index in [2.05, 4.69) is 10.1 Å². The van der Waals surface area contributed by atoms with Crippen LogP contribution in [0.15, 0.2) is 50.2 Å². The van der Waals surface area contributed by atoms with Gasteiger partial charge >= 0.3 is 0 Å². The van der Waals surface area contributed by atoms with Gasteiger partial charge in [-0.2, -0.15) is 5.10 Å². The summed E-state index contributed by atoms with van der Waals surface area (Å²) in [5.41, 5.74) is 6.80. The SMILES string of the molecule is CCN=c1scc(-c2ccc(O)c(C(N)=O)c2)n1/N=C\c1ccc(C)o1. The van der Waals surface area contributed by atoms with Crippen molar-refractivity contribution >= 4 is 23.5 Å². The number of amides is 1. The van der Waals surface area contributed by atoms with Gasteiger partial charge < -0.3 is 15.3 Å². The van der Waals surface area contributed by atoms with Crippen molar-refractivity contribution in [3.05, 3.63) is 57.6 Å². The number of aromatic nitrogens is 1. The number of aromatic hydroxyl groups is 1. The Morgan fingerprint density at radius 1 is 1.38 bits per heavy atom. The topological polar surface area (TPSA) is 106 Å². The molecule has 0 saturated carbocycles. The van der Waals surface area contributed by atoms with Crippen LogP contribution in [-0.4, -0.2) is 28.4 Å². The van der Waals surface area contributed by atoms with E-state index in [1.165, 1.54) is 17.4 Å². The lowest BCUT2D eigenvalue weighted by Crippen LogP contribution is -2.13. The highest BCUT2D eigenvalue weighted by molar-refractivity contribution is 7.07. The minimum absolute atomic E-state index is 0.0554. The average Bonchev–Trinajstić information content (AvgIpc) is 3.20. The number of primary amides is 1. The Hall–Kier alpha value is -3.13. The number of hydrogen-bond donors (Lipinski definition) is 2. The number of benzene rings is 1. The Balaban J connectivity index is 2.11. The predicted octanol–water partition coefficient (Wildman–Crippen LogP) is 2.73. The molecular weight excluding hydrogens is 352 g/mol. The summed E-state index contributed by atoms with van der Waals surface area (Å²) in [4.78, 5) is 16.7. The number of nitrogens with two attached hydrogens (primary N) is 1. The van der Waals surface area contributed by atoms with E-state index in [-0.39, 0.29) is 11.3 Å². The summed E-state index contributed by atoms with van der Waals surface area (Å²) in [6.45, 7) is 4.41. The Kier molecular flexibility index (Phi) is 5.04. The number of rotatable bonds is 5. The quantitative estimate of drug-likeness (QED) is 0.674. The van der Waals surface area contributed by atoms with Crippen LogP contribution in [-0.2, 0) is 0 Å². The zero-order valence-electron chi connectivity index (χ0n) is 14.3. The molecule has 0 bridgehead atoms. The second-order valence-electron chi connectivity index (χ2n) is 5.48. The first-order valence-electron chi connectivity index (χ1n) is 7.94. The van der Waals surface area contributed by atoms with Gasteiger partial charge in [0.2, 0.25) is 4.80 Å². The number of hydrogen-bond acceptors (Lipinski definition) is 6. The summed E-state index contributed by atoms with van der Waals surface area (Å²) in [7, 11) is 0. The highest BCUT2D eigenvalue weighted by atomic mass is 32.1. The van der Waals surface area contributed by atoms with Crippen molar-refractivity contribution in [1.82, 2.24) is 4.68 Å². The Morgan fingerprint density at radius 3 is 2.85 bits per heavy atom. The fourth-order valence-electron chi connectivity index (χ4n) is 2.38. The molecule has 0 unspecified atom stereocenters. The van der Waals surface area contributed by atoms with Crippen molar-refractivity contribution in [2.24, 2.45) is 15.8 Å². The molecule has 1 amide bonds. The van der Waals surface area contributed by atoms with Gasteiger partial charge in [0.1, 0.15) is 17.3 Å². The predicted molar refractivity (Wildman–Crippen MR) is 100 cm³/mol. The lowest BCUT2D eigenvalue weighted by Gasteiger charge is -2.06. The molecule has 3 rings (SSSR count). The molecule has 0 atom stereocenters. The van der Waals surface area contributed by atoms with E-state index in [0.29, 0.717) is 22.7 Å². The molecule has 0 radical (unpaired) electrons. The summed E-state index contributed by atoms with van der Waals surface area (Å²) in [6.07, 6.45) is 1.60. The second-order valence-corrected chi connectivity index (χ2v) is 6.32. The number of aryl methyl sites for hydroxylation is 1. The van der Waals surface area contributed by atoms with E-state index < -0.39 is 5.91 Å². The van der Waals surface area contributed by atoms with Crippen molar-refractivity contribution in [3.63, 3.8) is 0 Å². The second kappa shape index (κ2) is 7.40. The molecule has 0 aliphatic heterocycles. The number of thiazole rings is 1. The molecule has 7 nitrogen and oxygen atoms in total. The third-order valence-corrected chi connectivity index (χ3v) is 4.45. The molecule has 26 heavy (non-hydrogen) atoms. The summed E-state index contributed by atoms with van der Waals surface area (Å²) in [5, 5.41) is 16.2. The van der Waals surface area contributed by atoms with Crippen molar-refractivity contribution in [2.75, 3.05) is 6.54 Å². The van der Waals surface area contributed by atoms with Crippen molar-refractivity contribution < 1.29 is 14.3 Å². The van der Waals surface area contributed by atoms with Gasteiger partial charge in [0, 0.05) is 17.5 Å². The Bertz CT molecular complexity index is 1040. The number of carbonyl (C=O) groups is 1. The fraction of sp³-hybridized carbons (Fsp3) is 0.167. The molecule has 2 aromatic heterocycles. The van der Waals surface area contributed by atoms with Crippen molar-refractivity contribution in [1.29, 1.82) is 0 Å². The zero-order chi connectivity index (χ0) is 18.7. The molecule has 3 aromatic rings. The molecular formula is C18H18N4O3S. The van der Waals surface area contributed by atoms with Crippen LogP contribution in [0.5, 0.6) is 5.75 Å². The van der Waals surface area contributed by atoms with Crippen LogP contribution in [0.1, 0.15) is 28.8 Å². The number of phenols is 1. The average molecular weight is 370 g/mol. The van der Waals surface area contributed by atoms with Gasteiger partial charge in [-0.15, -0.1) is 11.3 Å². The summed E-state index contributed by atoms with van der Waals surface area (Å²) in [5.74, 6) is 0.568. The van der Waals surface area contributed by atoms with E-state index in [1.807, 2.05) is 31.4 Å². The van der Waals surface area contributed by atoms with Gasteiger partial charge in [-0.1, -0.05) is 0 Å². The molecule has 0 aliphatic carbocycles. The first-order chi connectivity index (χ1) is 12.5. The summed E-state index contributed by atoms with van der Waals surface area (Å²) < 4.78 is 7.18. The van der Waals surface area contributed by atoms with Crippen LogP contribution < -0.4 is 10.5 Å². The van der Waals surface area contributed by atoms with Crippen LogP contribution in [0, 0.1) is 6.92 Å². The third-order valence-electron chi connectivity index (χ3n) is 3.60. The first-order valence-corrected chi connectivity index (χ1v) is 8.82. The van der Waals surface area contributed by atoms with Crippen LogP contribution >= 0.6 is 11.3 Å². The van der Waals surface area contributed by atoms with E-state index in [1.54, 1.807) is 23.0 Å².